The highest BCUT2D eigenvalue weighted by atomic mass is 16.5. The molecule has 0 spiro atoms. The lowest BCUT2D eigenvalue weighted by Crippen LogP contribution is -2.40. The van der Waals surface area contributed by atoms with E-state index in [2.05, 4.69) is 11.8 Å². The van der Waals surface area contributed by atoms with Crippen LogP contribution in [0.5, 0.6) is 0 Å². The summed E-state index contributed by atoms with van der Waals surface area (Å²) < 4.78 is 5.08. The van der Waals surface area contributed by atoms with Gasteiger partial charge in [0.05, 0.1) is 12.5 Å². The third-order valence-electron chi connectivity index (χ3n) is 5.65. The molecule has 3 rings (SSSR count). The van der Waals surface area contributed by atoms with Crippen molar-refractivity contribution in [3.63, 3.8) is 0 Å². The van der Waals surface area contributed by atoms with Crippen LogP contribution in [-0.4, -0.2) is 47.2 Å². The zero-order chi connectivity index (χ0) is 20.0. The Hall–Kier alpha value is -2.32. The molecule has 1 N–H and O–H groups in total. The van der Waals surface area contributed by atoms with Crippen LogP contribution in [0.25, 0.3) is 0 Å². The zero-order valence-electron chi connectivity index (χ0n) is 16.6. The zero-order valence-corrected chi connectivity index (χ0v) is 16.6. The van der Waals surface area contributed by atoms with Crippen molar-refractivity contribution in [2.45, 2.75) is 57.5 Å². The Labute approximate surface area is 167 Å². The molecule has 2 fully saturated rings. The molecule has 1 aromatic carbocycles. The number of hydrogen-bond acceptors (Lipinski definition) is 4. The van der Waals surface area contributed by atoms with Crippen molar-refractivity contribution < 1.29 is 19.4 Å². The molecule has 1 heterocycles. The van der Waals surface area contributed by atoms with Gasteiger partial charge >= 0.3 is 5.97 Å². The van der Waals surface area contributed by atoms with E-state index in [1.807, 2.05) is 12.1 Å². The first-order valence-electron chi connectivity index (χ1n) is 10.3. The molecule has 1 saturated carbocycles. The van der Waals surface area contributed by atoms with Gasteiger partial charge in [0, 0.05) is 24.2 Å². The van der Waals surface area contributed by atoms with E-state index >= 15 is 0 Å². The summed E-state index contributed by atoms with van der Waals surface area (Å²) in [7, 11) is 0. The molecule has 2 aliphatic rings. The van der Waals surface area contributed by atoms with Crippen LogP contribution >= 0.6 is 0 Å². The molecular formula is C23H29NO4. The standard InChI is InChI=1S/C23H29NO4/c1-2-28-22(26)20-11-16-24(17-12-20)21(25)19-8-6-18(7-9-19)10-15-23(27)13-4-3-5-14-23/h6-9,20,27H,2-5,11-14,16-17H2,1H3. The molecule has 28 heavy (non-hydrogen) atoms. The second-order valence-corrected chi connectivity index (χ2v) is 7.74. The van der Waals surface area contributed by atoms with Gasteiger partial charge in [-0.2, -0.15) is 0 Å². The molecule has 0 unspecified atom stereocenters. The average Bonchev–Trinajstić information content (AvgIpc) is 2.73. The SMILES string of the molecule is CCOC(=O)C1CCN(C(=O)c2ccc(C#CC3(O)CCCCC3)cc2)CC1. The maximum absolute atomic E-state index is 12.7. The van der Waals surface area contributed by atoms with Gasteiger partial charge in [0.25, 0.3) is 5.91 Å². The van der Waals surface area contributed by atoms with Gasteiger partial charge in [-0.05, 0) is 69.7 Å². The van der Waals surface area contributed by atoms with Gasteiger partial charge in [-0.1, -0.05) is 18.3 Å². The van der Waals surface area contributed by atoms with E-state index in [0.717, 1.165) is 37.7 Å². The van der Waals surface area contributed by atoms with E-state index in [4.69, 9.17) is 4.74 Å². The van der Waals surface area contributed by atoms with E-state index in [9.17, 15) is 14.7 Å². The second kappa shape index (κ2) is 9.25. The van der Waals surface area contributed by atoms with Crippen LogP contribution in [0.4, 0.5) is 0 Å². The quantitative estimate of drug-likeness (QED) is 0.643. The summed E-state index contributed by atoms with van der Waals surface area (Å²) in [6.07, 6.45) is 5.96. The van der Waals surface area contributed by atoms with Gasteiger partial charge in [0.1, 0.15) is 5.60 Å². The normalized spacial score (nSPS) is 19.4. The summed E-state index contributed by atoms with van der Waals surface area (Å²) in [6, 6.07) is 7.24. The molecule has 0 atom stereocenters. The van der Waals surface area contributed by atoms with Gasteiger partial charge in [0.2, 0.25) is 0 Å². The summed E-state index contributed by atoms with van der Waals surface area (Å²) in [5.41, 5.74) is 0.559. The Morgan fingerprint density at radius 2 is 1.79 bits per heavy atom. The third-order valence-corrected chi connectivity index (χ3v) is 5.65. The summed E-state index contributed by atoms with van der Waals surface area (Å²) in [4.78, 5) is 26.3. The van der Waals surface area contributed by atoms with E-state index in [-0.39, 0.29) is 17.8 Å². The molecule has 5 heteroatoms. The lowest BCUT2D eigenvalue weighted by atomic mass is 9.85. The van der Waals surface area contributed by atoms with Gasteiger partial charge in [0.15, 0.2) is 0 Å². The van der Waals surface area contributed by atoms with Crippen molar-refractivity contribution in [1.82, 2.24) is 4.90 Å². The molecule has 1 amide bonds. The largest absolute Gasteiger partial charge is 0.466 e. The van der Waals surface area contributed by atoms with Crippen molar-refractivity contribution in [1.29, 1.82) is 0 Å². The average molecular weight is 383 g/mol. The first-order valence-corrected chi connectivity index (χ1v) is 10.3. The van der Waals surface area contributed by atoms with Crippen LogP contribution in [0, 0.1) is 17.8 Å². The van der Waals surface area contributed by atoms with Gasteiger partial charge in [-0.3, -0.25) is 9.59 Å². The number of hydrogen-bond donors (Lipinski definition) is 1. The van der Waals surface area contributed by atoms with Gasteiger partial charge in [-0.15, -0.1) is 0 Å². The molecule has 1 aliphatic heterocycles. The fourth-order valence-electron chi connectivity index (χ4n) is 3.91. The van der Waals surface area contributed by atoms with Crippen molar-refractivity contribution in [2.75, 3.05) is 19.7 Å². The number of piperidine rings is 1. The fourth-order valence-corrected chi connectivity index (χ4v) is 3.91. The number of carbonyl (C=O) groups is 2. The van der Waals surface area contributed by atoms with Crippen LogP contribution in [0.1, 0.15) is 67.8 Å². The number of nitrogens with zero attached hydrogens (tertiary/aromatic N) is 1. The monoisotopic (exact) mass is 383 g/mol. The van der Waals surface area contributed by atoms with E-state index in [0.29, 0.717) is 38.1 Å². The Morgan fingerprint density at radius 3 is 2.39 bits per heavy atom. The summed E-state index contributed by atoms with van der Waals surface area (Å²) in [5, 5.41) is 10.5. The number of carbonyl (C=O) groups excluding carboxylic acids is 2. The number of rotatable bonds is 3. The van der Waals surface area contributed by atoms with Crippen LogP contribution in [0.3, 0.4) is 0 Å². The van der Waals surface area contributed by atoms with Gasteiger partial charge < -0.3 is 14.7 Å². The van der Waals surface area contributed by atoms with Gasteiger partial charge in [-0.25, -0.2) is 0 Å². The lowest BCUT2D eigenvalue weighted by molar-refractivity contribution is -0.149. The van der Waals surface area contributed by atoms with Crippen molar-refractivity contribution >= 4 is 11.9 Å². The molecular weight excluding hydrogens is 354 g/mol. The molecule has 0 aromatic heterocycles. The number of amides is 1. The van der Waals surface area contributed by atoms with Crippen LogP contribution in [0.2, 0.25) is 0 Å². The maximum Gasteiger partial charge on any atom is 0.309 e. The predicted octanol–water partition coefficient (Wildman–Crippen LogP) is 3.15. The molecule has 0 bridgehead atoms. The number of aliphatic hydroxyl groups is 1. The lowest BCUT2D eigenvalue weighted by Gasteiger charge is -2.31. The molecule has 1 aliphatic carbocycles. The number of likely N-dealkylation sites (tertiary alicyclic amines) is 1. The van der Waals surface area contributed by atoms with Crippen LogP contribution in [-0.2, 0) is 9.53 Å². The van der Waals surface area contributed by atoms with Crippen LogP contribution < -0.4 is 0 Å². The van der Waals surface area contributed by atoms with Crippen molar-refractivity contribution in [3.05, 3.63) is 35.4 Å². The first-order chi connectivity index (χ1) is 13.5. The van der Waals surface area contributed by atoms with E-state index < -0.39 is 5.60 Å². The topological polar surface area (TPSA) is 66.8 Å². The highest BCUT2D eigenvalue weighted by Gasteiger charge is 2.29. The minimum absolute atomic E-state index is 0.0206. The highest BCUT2D eigenvalue weighted by molar-refractivity contribution is 5.94. The smallest absolute Gasteiger partial charge is 0.309 e. The molecule has 5 nitrogen and oxygen atoms in total. The maximum atomic E-state index is 12.7. The fraction of sp³-hybridized carbons (Fsp3) is 0.565. The minimum Gasteiger partial charge on any atom is -0.466 e. The Bertz CT molecular complexity index is 745. The molecule has 0 radical (unpaired) electrons. The number of benzene rings is 1. The van der Waals surface area contributed by atoms with Crippen molar-refractivity contribution in [3.8, 4) is 11.8 Å². The number of ether oxygens (including phenoxy) is 1. The molecule has 150 valence electrons. The highest BCUT2D eigenvalue weighted by Crippen LogP contribution is 2.27. The van der Waals surface area contributed by atoms with Crippen molar-refractivity contribution in [2.24, 2.45) is 5.92 Å². The summed E-state index contributed by atoms with van der Waals surface area (Å²) in [6.45, 7) is 3.33. The molecule has 1 aromatic rings. The second-order valence-electron chi connectivity index (χ2n) is 7.74. The number of esters is 1. The Kier molecular flexibility index (Phi) is 6.74. The first kappa shape index (κ1) is 20.4. The summed E-state index contributed by atoms with van der Waals surface area (Å²) in [5.74, 6) is 5.79. The van der Waals surface area contributed by atoms with Crippen LogP contribution in [0.15, 0.2) is 24.3 Å². The predicted molar refractivity (Wildman–Crippen MR) is 107 cm³/mol. The van der Waals surface area contributed by atoms with E-state index in [1.54, 1.807) is 24.0 Å². The summed E-state index contributed by atoms with van der Waals surface area (Å²) >= 11 is 0. The Morgan fingerprint density at radius 1 is 1.14 bits per heavy atom. The Balaban J connectivity index is 1.57. The third kappa shape index (κ3) is 5.14. The van der Waals surface area contributed by atoms with E-state index in [1.165, 1.54) is 0 Å². The minimum atomic E-state index is -0.865. The molecule has 1 saturated heterocycles.